The molecule has 1 heterocycles. The highest BCUT2D eigenvalue weighted by atomic mass is 35.5. The fourth-order valence-electron chi connectivity index (χ4n) is 2.45. The van der Waals surface area contributed by atoms with Crippen LogP contribution in [0.25, 0.3) is 0 Å². The molecule has 2 aromatic rings. The number of aromatic nitrogens is 1. The molecule has 0 aliphatic heterocycles. The molecule has 0 saturated heterocycles. The van der Waals surface area contributed by atoms with Crippen molar-refractivity contribution in [1.29, 1.82) is 0 Å². The average Bonchev–Trinajstić information content (AvgIpc) is 2.89. The van der Waals surface area contributed by atoms with Crippen molar-refractivity contribution in [1.82, 2.24) is 10.3 Å². The quantitative estimate of drug-likeness (QED) is 0.705. The molecular weight excluding hydrogens is 300 g/mol. The molecule has 1 aromatic heterocycles. The summed E-state index contributed by atoms with van der Waals surface area (Å²) in [5.74, 6) is 0.523. The number of thiazole rings is 1. The molecule has 0 aliphatic carbocycles. The van der Waals surface area contributed by atoms with Crippen LogP contribution in [0.15, 0.2) is 29.8 Å². The van der Waals surface area contributed by atoms with E-state index in [1.807, 2.05) is 17.6 Å². The van der Waals surface area contributed by atoms with Crippen molar-refractivity contribution in [3.63, 3.8) is 0 Å². The molecule has 2 rings (SSSR count). The number of benzene rings is 1. The van der Waals surface area contributed by atoms with Crippen molar-refractivity contribution in [2.45, 2.75) is 39.0 Å². The minimum absolute atomic E-state index is 0.523. The summed E-state index contributed by atoms with van der Waals surface area (Å²) in [4.78, 5) is 5.75. The lowest BCUT2D eigenvalue weighted by atomic mass is 9.93. The molecule has 1 aromatic carbocycles. The molecule has 0 saturated carbocycles. The van der Waals surface area contributed by atoms with Gasteiger partial charge in [-0.2, -0.15) is 0 Å². The number of nitrogens with zero attached hydrogens (tertiary/aromatic N) is 1. The maximum absolute atomic E-state index is 6.00. The number of aryl methyl sites for hydroxylation is 2. The van der Waals surface area contributed by atoms with Gasteiger partial charge < -0.3 is 5.32 Å². The fraction of sp³-hybridized carbons (Fsp3) is 0.471. The third kappa shape index (κ3) is 5.10. The monoisotopic (exact) mass is 322 g/mol. The normalized spacial score (nSPS) is 12.5. The summed E-state index contributed by atoms with van der Waals surface area (Å²) >= 11 is 7.76. The highest BCUT2D eigenvalue weighted by molar-refractivity contribution is 7.09. The van der Waals surface area contributed by atoms with Crippen LogP contribution in [0.5, 0.6) is 0 Å². The Balaban J connectivity index is 2.01. The maximum atomic E-state index is 6.00. The first-order valence-electron chi connectivity index (χ1n) is 7.55. The standard InChI is InChI=1S/C17H23ClN2S/c1-3-10-19-11-15(14-4-7-16(18)8-5-14)6-9-17-13(2)20-12-21-17/h4-5,7-8,12,15,19H,3,6,9-11H2,1-2H3. The van der Waals surface area contributed by atoms with Gasteiger partial charge in [-0.25, -0.2) is 4.98 Å². The van der Waals surface area contributed by atoms with Crippen LogP contribution in [0, 0.1) is 6.92 Å². The van der Waals surface area contributed by atoms with Crippen LogP contribution in [-0.2, 0) is 6.42 Å². The van der Waals surface area contributed by atoms with E-state index in [-0.39, 0.29) is 0 Å². The highest BCUT2D eigenvalue weighted by Gasteiger charge is 2.13. The Bertz CT molecular complexity index is 536. The summed E-state index contributed by atoms with van der Waals surface area (Å²) in [6.45, 7) is 6.39. The van der Waals surface area contributed by atoms with E-state index in [2.05, 4.69) is 36.3 Å². The molecular formula is C17H23ClN2S. The third-order valence-corrected chi connectivity index (χ3v) is 4.97. The molecule has 4 heteroatoms. The Labute approximate surface area is 136 Å². The summed E-state index contributed by atoms with van der Waals surface area (Å²) < 4.78 is 0. The predicted molar refractivity (Wildman–Crippen MR) is 92.5 cm³/mol. The summed E-state index contributed by atoms with van der Waals surface area (Å²) in [5.41, 5.74) is 4.48. The smallest absolute Gasteiger partial charge is 0.0797 e. The molecule has 1 N–H and O–H groups in total. The van der Waals surface area contributed by atoms with Gasteiger partial charge in [-0.1, -0.05) is 30.7 Å². The van der Waals surface area contributed by atoms with Crippen LogP contribution in [0.2, 0.25) is 5.02 Å². The number of hydrogen-bond donors (Lipinski definition) is 1. The van der Waals surface area contributed by atoms with E-state index >= 15 is 0 Å². The Kier molecular flexibility index (Phi) is 6.68. The SMILES string of the molecule is CCCNCC(CCc1scnc1C)c1ccc(Cl)cc1. The van der Waals surface area contributed by atoms with Gasteiger partial charge in [0.15, 0.2) is 0 Å². The van der Waals surface area contributed by atoms with Crippen molar-refractivity contribution < 1.29 is 0 Å². The summed E-state index contributed by atoms with van der Waals surface area (Å²) in [6, 6.07) is 8.28. The van der Waals surface area contributed by atoms with Crippen LogP contribution in [-0.4, -0.2) is 18.1 Å². The Morgan fingerprint density at radius 2 is 2.05 bits per heavy atom. The second-order valence-corrected chi connectivity index (χ2v) is 6.73. The number of halogens is 1. The number of hydrogen-bond acceptors (Lipinski definition) is 3. The van der Waals surface area contributed by atoms with Crippen LogP contribution in [0.1, 0.15) is 41.8 Å². The molecule has 0 bridgehead atoms. The van der Waals surface area contributed by atoms with Gasteiger partial charge in [0.05, 0.1) is 11.2 Å². The average molecular weight is 323 g/mol. The fourth-order valence-corrected chi connectivity index (χ4v) is 3.37. The van der Waals surface area contributed by atoms with Gasteiger partial charge in [0, 0.05) is 16.4 Å². The predicted octanol–water partition coefficient (Wildman–Crippen LogP) is 4.82. The number of nitrogens with one attached hydrogen (secondary N) is 1. The van der Waals surface area contributed by atoms with Gasteiger partial charge >= 0.3 is 0 Å². The molecule has 114 valence electrons. The first-order chi connectivity index (χ1) is 10.2. The molecule has 0 amide bonds. The zero-order valence-electron chi connectivity index (χ0n) is 12.7. The van der Waals surface area contributed by atoms with Crippen molar-refractivity contribution in [3.8, 4) is 0 Å². The van der Waals surface area contributed by atoms with Gasteiger partial charge in [-0.15, -0.1) is 11.3 Å². The van der Waals surface area contributed by atoms with Crippen LogP contribution in [0.3, 0.4) is 0 Å². The Morgan fingerprint density at radius 3 is 2.67 bits per heavy atom. The van der Waals surface area contributed by atoms with Gasteiger partial charge in [0.25, 0.3) is 0 Å². The van der Waals surface area contributed by atoms with Crippen LogP contribution >= 0.6 is 22.9 Å². The minimum atomic E-state index is 0.523. The first-order valence-corrected chi connectivity index (χ1v) is 8.81. The van der Waals surface area contributed by atoms with Gasteiger partial charge in [-0.3, -0.25) is 0 Å². The van der Waals surface area contributed by atoms with Gasteiger partial charge in [0.2, 0.25) is 0 Å². The zero-order valence-corrected chi connectivity index (χ0v) is 14.3. The molecule has 0 spiro atoms. The molecule has 2 nitrogen and oxygen atoms in total. The number of rotatable bonds is 8. The summed E-state index contributed by atoms with van der Waals surface area (Å²) in [5, 5.41) is 4.35. The van der Waals surface area contributed by atoms with Gasteiger partial charge in [-0.05, 0) is 56.3 Å². The highest BCUT2D eigenvalue weighted by Crippen LogP contribution is 2.25. The largest absolute Gasteiger partial charge is 0.316 e. The lowest BCUT2D eigenvalue weighted by Gasteiger charge is -2.18. The van der Waals surface area contributed by atoms with E-state index in [0.717, 1.165) is 31.0 Å². The van der Waals surface area contributed by atoms with E-state index in [9.17, 15) is 0 Å². The Hall–Kier alpha value is -0.900. The van der Waals surface area contributed by atoms with Crippen molar-refractivity contribution in [2.24, 2.45) is 0 Å². The lowest BCUT2D eigenvalue weighted by molar-refractivity contribution is 0.549. The molecule has 1 atom stereocenters. The second-order valence-electron chi connectivity index (χ2n) is 5.35. The van der Waals surface area contributed by atoms with E-state index in [4.69, 9.17) is 11.6 Å². The van der Waals surface area contributed by atoms with Crippen molar-refractivity contribution in [3.05, 3.63) is 50.9 Å². The third-order valence-electron chi connectivity index (χ3n) is 3.72. The second kappa shape index (κ2) is 8.52. The summed E-state index contributed by atoms with van der Waals surface area (Å²) in [6.07, 6.45) is 3.40. The lowest BCUT2D eigenvalue weighted by Crippen LogP contribution is -2.22. The Morgan fingerprint density at radius 1 is 1.29 bits per heavy atom. The van der Waals surface area contributed by atoms with Crippen LogP contribution in [0.4, 0.5) is 0 Å². The molecule has 0 aliphatic rings. The van der Waals surface area contributed by atoms with Gasteiger partial charge in [0.1, 0.15) is 0 Å². The van der Waals surface area contributed by atoms with Crippen LogP contribution < -0.4 is 5.32 Å². The molecule has 0 fully saturated rings. The van der Waals surface area contributed by atoms with E-state index < -0.39 is 0 Å². The molecule has 0 radical (unpaired) electrons. The molecule has 1 unspecified atom stereocenters. The minimum Gasteiger partial charge on any atom is -0.316 e. The summed E-state index contributed by atoms with van der Waals surface area (Å²) in [7, 11) is 0. The van der Waals surface area contributed by atoms with Crippen molar-refractivity contribution >= 4 is 22.9 Å². The first kappa shape index (κ1) is 16.5. The van der Waals surface area contributed by atoms with Crippen molar-refractivity contribution in [2.75, 3.05) is 13.1 Å². The van der Waals surface area contributed by atoms with E-state index in [1.54, 1.807) is 11.3 Å². The topological polar surface area (TPSA) is 24.9 Å². The molecule has 21 heavy (non-hydrogen) atoms. The zero-order chi connectivity index (χ0) is 15.1. The van der Waals surface area contributed by atoms with E-state index in [1.165, 1.54) is 22.6 Å². The van der Waals surface area contributed by atoms with E-state index in [0.29, 0.717) is 5.92 Å². The maximum Gasteiger partial charge on any atom is 0.0797 e.